The van der Waals surface area contributed by atoms with E-state index in [1.165, 1.54) is 6.08 Å². The van der Waals surface area contributed by atoms with Crippen LogP contribution in [0.5, 0.6) is 0 Å². The largest absolute Gasteiger partial charge is 0.382 e. The molecule has 1 amide bonds. The van der Waals surface area contributed by atoms with E-state index in [1.54, 1.807) is 18.5 Å². The minimum absolute atomic E-state index is 0.155. The zero-order valence-electron chi connectivity index (χ0n) is 13.4. The van der Waals surface area contributed by atoms with Crippen LogP contribution in [0.1, 0.15) is 20.8 Å². The fourth-order valence-electron chi connectivity index (χ4n) is 1.48. The van der Waals surface area contributed by atoms with E-state index in [0.717, 1.165) is 15.7 Å². The number of carbonyl (C=O) groups excluding carboxylic acids is 1. The van der Waals surface area contributed by atoms with Crippen molar-refractivity contribution in [3.8, 4) is 0 Å². The predicted octanol–water partition coefficient (Wildman–Crippen LogP) is 4.09. The van der Waals surface area contributed by atoms with Crippen LogP contribution >= 0.6 is 15.9 Å². The van der Waals surface area contributed by atoms with E-state index in [4.69, 9.17) is 0 Å². The molecule has 1 heterocycles. The van der Waals surface area contributed by atoms with Crippen molar-refractivity contribution in [1.29, 1.82) is 0 Å². The summed E-state index contributed by atoms with van der Waals surface area (Å²) < 4.78 is 0.907. The second-order valence-electron chi connectivity index (χ2n) is 4.22. The summed E-state index contributed by atoms with van der Waals surface area (Å²) in [4.78, 5) is 15.9. The number of carbonyl (C=O) groups is 1. The monoisotopic (exact) mass is 365 g/mol. The van der Waals surface area contributed by atoms with Crippen LogP contribution in [0.25, 0.3) is 0 Å². The van der Waals surface area contributed by atoms with Crippen molar-refractivity contribution in [2.45, 2.75) is 20.8 Å². The lowest BCUT2D eigenvalue weighted by molar-refractivity contribution is -0.117. The van der Waals surface area contributed by atoms with E-state index in [0.29, 0.717) is 18.7 Å². The minimum Gasteiger partial charge on any atom is -0.382 e. The van der Waals surface area contributed by atoms with Crippen molar-refractivity contribution in [2.75, 3.05) is 18.4 Å². The Morgan fingerprint density at radius 1 is 1.36 bits per heavy atom. The molecule has 0 bridgehead atoms. The second-order valence-corrected chi connectivity index (χ2v) is 5.14. The first kappa shape index (κ1) is 20.1. The first-order valence-electron chi connectivity index (χ1n) is 7.15. The first-order valence-corrected chi connectivity index (χ1v) is 7.94. The lowest BCUT2D eigenvalue weighted by atomic mass is 10.1. The van der Waals surface area contributed by atoms with Crippen molar-refractivity contribution in [1.82, 2.24) is 10.3 Å². The molecule has 0 radical (unpaired) electrons. The molecule has 0 aliphatic carbocycles. The number of rotatable bonds is 7. The normalized spacial score (nSPS) is 10.1. The summed E-state index contributed by atoms with van der Waals surface area (Å²) in [7, 11) is 0. The third-order valence-electron chi connectivity index (χ3n) is 2.33. The molecule has 5 heteroatoms. The molecule has 4 nitrogen and oxygen atoms in total. The Morgan fingerprint density at radius 2 is 2.05 bits per heavy atom. The Balaban J connectivity index is 0.00000211. The van der Waals surface area contributed by atoms with Gasteiger partial charge in [0.2, 0.25) is 0 Å². The minimum atomic E-state index is -0.155. The van der Waals surface area contributed by atoms with Crippen molar-refractivity contribution in [3.63, 3.8) is 0 Å². The number of hydrogen-bond donors (Lipinski definition) is 2. The Hall–Kier alpha value is -1.88. The molecule has 120 valence electrons. The van der Waals surface area contributed by atoms with Gasteiger partial charge in [-0.05, 0) is 35.0 Å². The van der Waals surface area contributed by atoms with Gasteiger partial charge in [0.05, 0.1) is 11.9 Å². The Bertz CT molecular complexity index is 538. The van der Waals surface area contributed by atoms with E-state index in [-0.39, 0.29) is 5.91 Å². The third kappa shape index (κ3) is 8.42. The molecular formula is C17H24BrN3O. The second kappa shape index (κ2) is 11.7. The van der Waals surface area contributed by atoms with Gasteiger partial charge in [-0.1, -0.05) is 38.7 Å². The van der Waals surface area contributed by atoms with E-state index in [2.05, 4.69) is 44.7 Å². The van der Waals surface area contributed by atoms with Gasteiger partial charge in [-0.3, -0.25) is 9.78 Å². The molecule has 0 fully saturated rings. The number of allylic oxidation sites excluding steroid dienone is 2. The zero-order valence-corrected chi connectivity index (χ0v) is 15.0. The standard InChI is InChI=1S/C15H18BrN3O.C2H6/c1-4-12(7-11(2)3)15(20)19-6-5-18-14-8-13(16)9-17-10-14;1-2/h4,7-10,18H,1-2,5-6H2,3H3,(H,19,20);1-2H3/b12-7+;. The van der Waals surface area contributed by atoms with E-state index >= 15 is 0 Å². The highest BCUT2D eigenvalue weighted by Gasteiger charge is 2.04. The highest BCUT2D eigenvalue weighted by Crippen LogP contribution is 2.12. The Kier molecular flexibility index (Phi) is 10.7. The van der Waals surface area contributed by atoms with E-state index in [9.17, 15) is 4.79 Å². The average Bonchev–Trinajstić information content (AvgIpc) is 2.51. The number of anilines is 1. The predicted molar refractivity (Wildman–Crippen MR) is 97.9 cm³/mol. The summed E-state index contributed by atoms with van der Waals surface area (Å²) >= 11 is 3.35. The van der Waals surface area contributed by atoms with Crippen molar-refractivity contribution in [3.05, 3.63) is 59.4 Å². The number of pyridine rings is 1. The lowest BCUT2D eigenvalue weighted by Crippen LogP contribution is -2.29. The quantitative estimate of drug-likeness (QED) is 0.434. The van der Waals surface area contributed by atoms with Gasteiger partial charge in [0, 0.05) is 29.3 Å². The van der Waals surface area contributed by atoms with Gasteiger partial charge in [0.25, 0.3) is 5.91 Å². The molecule has 0 atom stereocenters. The Morgan fingerprint density at radius 3 is 2.59 bits per heavy atom. The van der Waals surface area contributed by atoms with Crippen LogP contribution in [0.4, 0.5) is 5.69 Å². The van der Waals surface area contributed by atoms with Gasteiger partial charge in [0.15, 0.2) is 0 Å². The van der Waals surface area contributed by atoms with Gasteiger partial charge < -0.3 is 10.6 Å². The molecule has 0 saturated heterocycles. The Labute approximate surface area is 141 Å². The topological polar surface area (TPSA) is 54.0 Å². The van der Waals surface area contributed by atoms with Crippen LogP contribution in [0.2, 0.25) is 0 Å². The molecule has 0 aliphatic heterocycles. The van der Waals surface area contributed by atoms with Gasteiger partial charge in [-0.2, -0.15) is 0 Å². The van der Waals surface area contributed by atoms with Gasteiger partial charge in [-0.25, -0.2) is 0 Å². The smallest absolute Gasteiger partial charge is 0.251 e. The molecular weight excluding hydrogens is 342 g/mol. The maximum Gasteiger partial charge on any atom is 0.251 e. The van der Waals surface area contributed by atoms with Gasteiger partial charge >= 0.3 is 0 Å². The fourth-order valence-corrected chi connectivity index (χ4v) is 1.84. The molecule has 1 aromatic heterocycles. The summed E-state index contributed by atoms with van der Waals surface area (Å²) in [6, 6.07) is 1.92. The zero-order chi connectivity index (χ0) is 17.0. The summed E-state index contributed by atoms with van der Waals surface area (Å²) in [6.45, 7) is 14.3. The fraction of sp³-hybridized carbons (Fsp3) is 0.294. The maximum atomic E-state index is 11.8. The summed E-state index contributed by atoms with van der Waals surface area (Å²) in [5, 5.41) is 5.98. The number of halogens is 1. The number of nitrogens with zero attached hydrogens (tertiary/aromatic N) is 1. The highest BCUT2D eigenvalue weighted by atomic mass is 79.9. The van der Waals surface area contributed by atoms with Crippen molar-refractivity contribution in [2.24, 2.45) is 0 Å². The van der Waals surface area contributed by atoms with Crippen molar-refractivity contribution < 1.29 is 4.79 Å². The molecule has 22 heavy (non-hydrogen) atoms. The summed E-state index contributed by atoms with van der Waals surface area (Å²) in [6.07, 6.45) is 6.66. The molecule has 0 unspecified atom stereocenters. The summed E-state index contributed by atoms with van der Waals surface area (Å²) in [5.41, 5.74) is 2.23. The number of aromatic nitrogens is 1. The highest BCUT2D eigenvalue weighted by molar-refractivity contribution is 9.10. The molecule has 2 N–H and O–H groups in total. The number of nitrogens with one attached hydrogen (secondary N) is 2. The SMILES string of the molecule is C=C/C(=C\C(=C)C)C(=O)NCCNc1cncc(Br)c1.CC. The molecule has 0 spiro atoms. The summed E-state index contributed by atoms with van der Waals surface area (Å²) in [5.74, 6) is -0.155. The van der Waals surface area contributed by atoms with Gasteiger partial charge in [0.1, 0.15) is 0 Å². The molecule has 1 rings (SSSR count). The number of hydrogen-bond acceptors (Lipinski definition) is 3. The first-order chi connectivity index (χ1) is 10.5. The van der Waals surface area contributed by atoms with Crippen LogP contribution < -0.4 is 10.6 Å². The van der Waals surface area contributed by atoms with Crippen molar-refractivity contribution >= 4 is 27.5 Å². The van der Waals surface area contributed by atoms with Crippen LogP contribution in [0.3, 0.4) is 0 Å². The molecule has 0 aliphatic rings. The molecule has 0 saturated carbocycles. The maximum absolute atomic E-state index is 11.8. The van der Waals surface area contributed by atoms with Crippen LogP contribution in [0, 0.1) is 0 Å². The van der Waals surface area contributed by atoms with Gasteiger partial charge in [-0.15, -0.1) is 0 Å². The third-order valence-corrected chi connectivity index (χ3v) is 2.76. The lowest BCUT2D eigenvalue weighted by Gasteiger charge is -2.08. The van der Waals surface area contributed by atoms with Crippen LogP contribution in [-0.2, 0) is 4.79 Å². The molecule has 1 aromatic rings. The average molecular weight is 366 g/mol. The van der Waals surface area contributed by atoms with Crippen LogP contribution in [0.15, 0.2) is 59.4 Å². The van der Waals surface area contributed by atoms with E-state index in [1.807, 2.05) is 26.8 Å². The molecule has 0 aromatic carbocycles. The van der Waals surface area contributed by atoms with Crippen LogP contribution in [-0.4, -0.2) is 24.0 Å². The number of amides is 1. The van der Waals surface area contributed by atoms with E-state index < -0.39 is 0 Å².